The van der Waals surface area contributed by atoms with Crippen molar-refractivity contribution in [3.05, 3.63) is 0 Å². The van der Waals surface area contributed by atoms with Crippen LogP contribution in [-0.4, -0.2) is 50.5 Å². The minimum atomic E-state index is -4.22. The van der Waals surface area contributed by atoms with Gasteiger partial charge in [0.2, 0.25) is 0 Å². The molecule has 0 heterocycles. The molecule has 0 rings (SSSR count). The van der Waals surface area contributed by atoms with Crippen LogP contribution in [0.3, 0.4) is 0 Å². The molecular weight excluding hydrogens is 233 g/mol. The summed E-state index contributed by atoms with van der Waals surface area (Å²) in [4.78, 5) is 2.17. The normalized spacial score (nSPS) is 12.4. The fourth-order valence-electron chi connectivity index (χ4n) is 1.48. The molecule has 0 aliphatic carbocycles. The van der Waals surface area contributed by atoms with Crippen molar-refractivity contribution in [2.45, 2.75) is 32.4 Å². The number of unbranched alkanes of at least 4 members (excludes halogenated alkanes) is 1. The van der Waals surface area contributed by atoms with Gasteiger partial charge in [0.05, 0.1) is 0 Å². The van der Waals surface area contributed by atoms with Crippen molar-refractivity contribution in [1.82, 2.24) is 4.90 Å². The van der Waals surface area contributed by atoms with Crippen molar-refractivity contribution in [2.24, 2.45) is 5.73 Å². The second kappa shape index (κ2) is 9.67. The van der Waals surface area contributed by atoms with E-state index in [0.29, 0.717) is 13.0 Å². The van der Waals surface area contributed by atoms with Crippen molar-refractivity contribution >= 4 is 0 Å². The average molecular weight is 256 g/mol. The van der Waals surface area contributed by atoms with Gasteiger partial charge < -0.3 is 15.4 Å². The molecule has 0 aromatic heterocycles. The second-order valence-electron chi connectivity index (χ2n) is 4.01. The molecule has 6 heteroatoms. The van der Waals surface area contributed by atoms with Gasteiger partial charge in [0, 0.05) is 26.2 Å². The molecule has 0 aromatic carbocycles. The highest BCUT2D eigenvalue weighted by atomic mass is 19.4. The molecular formula is C11H23F3N2O. The first-order valence-electron chi connectivity index (χ1n) is 6.06. The zero-order valence-electron chi connectivity index (χ0n) is 10.4. The summed E-state index contributed by atoms with van der Waals surface area (Å²) in [5.74, 6) is 0. The Bertz CT molecular complexity index is 177. The number of ether oxygens (including phenoxy) is 1. The molecule has 0 amide bonds. The third kappa shape index (κ3) is 11.9. The summed E-state index contributed by atoms with van der Waals surface area (Å²) in [7, 11) is 0. The minimum Gasteiger partial charge on any atom is -0.372 e. The number of nitrogens with two attached hydrogens (primary N) is 1. The lowest BCUT2D eigenvalue weighted by Gasteiger charge is -2.21. The van der Waals surface area contributed by atoms with Crippen molar-refractivity contribution < 1.29 is 17.9 Å². The van der Waals surface area contributed by atoms with Gasteiger partial charge in [-0.25, -0.2) is 0 Å². The summed E-state index contributed by atoms with van der Waals surface area (Å²) in [6.07, 6.45) is -1.42. The first-order chi connectivity index (χ1) is 7.99. The molecule has 0 saturated carbocycles. The Kier molecular flexibility index (Phi) is 9.49. The third-order valence-corrected chi connectivity index (χ3v) is 2.30. The van der Waals surface area contributed by atoms with Gasteiger partial charge in [-0.15, -0.1) is 0 Å². The summed E-state index contributed by atoms with van der Waals surface area (Å²) in [6.45, 7) is 4.16. The van der Waals surface area contributed by atoms with Crippen LogP contribution in [0.25, 0.3) is 0 Å². The van der Waals surface area contributed by atoms with Gasteiger partial charge >= 0.3 is 6.18 Å². The molecule has 0 spiro atoms. The molecule has 0 unspecified atom stereocenters. The molecule has 2 N–H and O–H groups in total. The van der Waals surface area contributed by atoms with Crippen molar-refractivity contribution in [3.8, 4) is 0 Å². The maximum absolute atomic E-state index is 11.8. The number of rotatable bonds is 10. The van der Waals surface area contributed by atoms with Crippen LogP contribution >= 0.6 is 0 Å². The molecule has 0 aliphatic rings. The Hall–Kier alpha value is -0.330. The fourth-order valence-corrected chi connectivity index (χ4v) is 1.48. The quantitative estimate of drug-likeness (QED) is 0.608. The van der Waals surface area contributed by atoms with Gasteiger partial charge in [-0.05, 0) is 19.4 Å². The molecule has 0 radical (unpaired) electrons. The Morgan fingerprint density at radius 3 is 2.29 bits per heavy atom. The Balaban J connectivity index is 3.53. The molecule has 3 nitrogen and oxygen atoms in total. The molecule has 0 bridgehead atoms. The smallest absolute Gasteiger partial charge is 0.372 e. The van der Waals surface area contributed by atoms with Gasteiger partial charge in [0.15, 0.2) is 0 Å². The van der Waals surface area contributed by atoms with Crippen molar-refractivity contribution in [2.75, 3.05) is 39.4 Å². The molecule has 17 heavy (non-hydrogen) atoms. The van der Waals surface area contributed by atoms with Gasteiger partial charge in [0.1, 0.15) is 6.61 Å². The Morgan fingerprint density at radius 1 is 1.12 bits per heavy atom. The minimum absolute atomic E-state index is 0.146. The molecule has 0 atom stereocenters. The summed E-state index contributed by atoms with van der Waals surface area (Å²) in [6, 6.07) is 0. The van der Waals surface area contributed by atoms with Gasteiger partial charge in [0.25, 0.3) is 0 Å². The highest BCUT2D eigenvalue weighted by molar-refractivity contribution is 4.58. The summed E-state index contributed by atoms with van der Waals surface area (Å²) >= 11 is 0. The van der Waals surface area contributed by atoms with E-state index in [1.54, 1.807) is 0 Å². The maximum atomic E-state index is 11.8. The number of hydrogen-bond donors (Lipinski definition) is 1. The van der Waals surface area contributed by atoms with Crippen LogP contribution in [-0.2, 0) is 4.74 Å². The van der Waals surface area contributed by atoms with Crippen LogP contribution in [0.1, 0.15) is 26.2 Å². The third-order valence-electron chi connectivity index (χ3n) is 2.30. The van der Waals surface area contributed by atoms with Crippen LogP contribution < -0.4 is 5.73 Å². The van der Waals surface area contributed by atoms with Gasteiger partial charge in [-0.2, -0.15) is 13.2 Å². The molecule has 0 saturated heterocycles. The zero-order chi connectivity index (χ0) is 13.1. The highest BCUT2D eigenvalue weighted by Crippen LogP contribution is 2.14. The van der Waals surface area contributed by atoms with E-state index in [0.717, 1.165) is 32.5 Å². The molecule has 104 valence electrons. The van der Waals surface area contributed by atoms with Crippen molar-refractivity contribution in [1.29, 1.82) is 0 Å². The standard InChI is InChI=1S/C11H23F3N2O/c1-2-3-6-16(8-5-15)7-4-9-17-10-11(12,13)14/h2-10,15H2,1H3. The van der Waals surface area contributed by atoms with E-state index < -0.39 is 12.8 Å². The average Bonchev–Trinajstić information content (AvgIpc) is 2.23. The topological polar surface area (TPSA) is 38.5 Å². The molecule has 0 aliphatic heterocycles. The van der Waals surface area contributed by atoms with Crippen LogP contribution in [0, 0.1) is 0 Å². The summed E-state index contributed by atoms with van der Waals surface area (Å²) < 4.78 is 39.9. The summed E-state index contributed by atoms with van der Waals surface area (Å²) in [5.41, 5.74) is 5.47. The zero-order valence-corrected chi connectivity index (χ0v) is 10.4. The lowest BCUT2D eigenvalue weighted by Crippen LogP contribution is -2.32. The van der Waals surface area contributed by atoms with Crippen LogP contribution in [0.2, 0.25) is 0 Å². The van der Waals surface area contributed by atoms with E-state index in [1.807, 2.05) is 0 Å². The van der Waals surface area contributed by atoms with E-state index in [4.69, 9.17) is 5.73 Å². The monoisotopic (exact) mass is 256 g/mol. The number of hydrogen-bond acceptors (Lipinski definition) is 3. The van der Waals surface area contributed by atoms with Crippen LogP contribution in [0.5, 0.6) is 0 Å². The first-order valence-corrected chi connectivity index (χ1v) is 6.06. The van der Waals surface area contributed by atoms with E-state index >= 15 is 0 Å². The van der Waals surface area contributed by atoms with E-state index in [1.165, 1.54) is 0 Å². The molecule has 0 aromatic rings. The van der Waals surface area contributed by atoms with Crippen LogP contribution in [0.4, 0.5) is 13.2 Å². The van der Waals surface area contributed by atoms with Crippen molar-refractivity contribution in [3.63, 3.8) is 0 Å². The number of nitrogens with zero attached hydrogens (tertiary/aromatic N) is 1. The predicted octanol–water partition coefficient (Wildman–Crippen LogP) is 2.02. The Labute approximate surface area is 101 Å². The SMILES string of the molecule is CCCCN(CCN)CCCOCC(F)(F)F. The van der Waals surface area contributed by atoms with E-state index in [2.05, 4.69) is 16.6 Å². The number of halogens is 3. The lowest BCUT2D eigenvalue weighted by atomic mass is 10.3. The Morgan fingerprint density at radius 2 is 1.76 bits per heavy atom. The second-order valence-corrected chi connectivity index (χ2v) is 4.01. The molecule has 0 fully saturated rings. The largest absolute Gasteiger partial charge is 0.411 e. The maximum Gasteiger partial charge on any atom is 0.411 e. The van der Waals surface area contributed by atoms with E-state index in [9.17, 15) is 13.2 Å². The van der Waals surface area contributed by atoms with Gasteiger partial charge in [-0.1, -0.05) is 13.3 Å². The first kappa shape index (κ1) is 16.7. The van der Waals surface area contributed by atoms with Crippen LogP contribution in [0.15, 0.2) is 0 Å². The lowest BCUT2D eigenvalue weighted by molar-refractivity contribution is -0.174. The van der Waals surface area contributed by atoms with Gasteiger partial charge in [-0.3, -0.25) is 0 Å². The summed E-state index contributed by atoms with van der Waals surface area (Å²) in [5, 5.41) is 0. The number of alkyl halides is 3. The predicted molar refractivity (Wildman–Crippen MR) is 61.9 cm³/mol. The van der Waals surface area contributed by atoms with E-state index in [-0.39, 0.29) is 6.61 Å². The fraction of sp³-hybridized carbons (Fsp3) is 1.00. The highest BCUT2D eigenvalue weighted by Gasteiger charge is 2.27.